The zero-order valence-corrected chi connectivity index (χ0v) is 12.6. The summed E-state index contributed by atoms with van der Waals surface area (Å²) in [5.41, 5.74) is 0.482. The Morgan fingerprint density at radius 1 is 1.35 bits per heavy atom. The van der Waals surface area contributed by atoms with Crippen molar-refractivity contribution in [2.24, 2.45) is 5.92 Å². The number of benzene rings is 1. The Kier molecular flexibility index (Phi) is 4.67. The molecule has 0 heterocycles. The van der Waals surface area contributed by atoms with E-state index in [1.165, 1.54) is 0 Å². The Morgan fingerprint density at radius 3 is 2.75 bits per heavy atom. The second kappa shape index (κ2) is 6.28. The van der Waals surface area contributed by atoms with Crippen LogP contribution in [0.1, 0.15) is 6.42 Å². The van der Waals surface area contributed by atoms with Gasteiger partial charge in [0.05, 0.1) is 22.7 Å². The number of halogens is 2. The Balaban J connectivity index is 1.92. The van der Waals surface area contributed by atoms with Crippen molar-refractivity contribution in [2.75, 3.05) is 5.32 Å². The average Bonchev–Trinajstić information content (AvgIpc) is 2.82. The molecule has 0 spiro atoms. The highest BCUT2D eigenvalue weighted by Crippen LogP contribution is 2.25. The van der Waals surface area contributed by atoms with E-state index in [0.29, 0.717) is 17.1 Å². The summed E-state index contributed by atoms with van der Waals surface area (Å²) in [5, 5.41) is 14.6. The lowest BCUT2D eigenvalue weighted by Gasteiger charge is -2.14. The number of hydrogen-bond donors (Lipinski definition) is 3. The minimum Gasteiger partial charge on any atom is -0.481 e. The molecule has 1 aliphatic rings. The van der Waals surface area contributed by atoms with Gasteiger partial charge in [0.15, 0.2) is 0 Å². The van der Waals surface area contributed by atoms with Gasteiger partial charge in [-0.25, -0.2) is 4.79 Å². The molecule has 1 aliphatic carbocycles. The molecule has 5 nitrogen and oxygen atoms in total. The molecule has 1 aromatic carbocycles. The summed E-state index contributed by atoms with van der Waals surface area (Å²) in [5.74, 6) is -1.43. The molecule has 0 saturated carbocycles. The topological polar surface area (TPSA) is 78.4 Å². The Bertz CT molecular complexity index is 577. The van der Waals surface area contributed by atoms with Gasteiger partial charge in [-0.3, -0.25) is 4.79 Å². The summed E-state index contributed by atoms with van der Waals surface area (Å²) >= 11 is 9.26. The zero-order valence-electron chi connectivity index (χ0n) is 10.3. The molecule has 0 radical (unpaired) electrons. The summed E-state index contributed by atoms with van der Waals surface area (Å²) in [7, 11) is 0. The van der Waals surface area contributed by atoms with Crippen LogP contribution in [0.4, 0.5) is 10.5 Å². The number of carbonyl (C=O) groups is 2. The molecule has 0 bridgehead atoms. The van der Waals surface area contributed by atoms with Gasteiger partial charge in [-0.1, -0.05) is 39.7 Å². The van der Waals surface area contributed by atoms with Gasteiger partial charge in [0.2, 0.25) is 0 Å². The number of rotatable bonds is 3. The van der Waals surface area contributed by atoms with Crippen LogP contribution in [0.25, 0.3) is 0 Å². The van der Waals surface area contributed by atoms with Crippen LogP contribution >= 0.6 is 27.5 Å². The van der Waals surface area contributed by atoms with Crippen molar-refractivity contribution in [1.29, 1.82) is 0 Å². The third kappa shape index (κ3) is 3.74. The highest BCUT2D eigenvalue weighted by Gasteiger charge is 2.25. The summed E-state index contributed by atoms with van der Waals surface area (Å²) in [4.78, 5) is 22.6. The number of anilines is 1. The van der Waals surface area contributed by atoms with Gasteiger partial charge in [-0.05, 0) is 24.6 Å². The van der Waals surface area contributed by atoms with Crippen molar-refractivity contribution in [3.8, 4) is 0 Å². The smallest absolute Gasteiger partial charge is 0.319 e. The van der Waals surface area contributed by atoms with Crippen molar-refractivity contribution >= 4 is 45.2 Å². The van der Waals surface area contributed by atoms with Gasteiger partial charge >= 0.3 is 12.0 Å². The number of carbonyl (C=O) groups excluding carboxylic acids is 1. The maximum atomic E-state index is 11.8. The third-order valence-electron chi connectivity index (χ3n) is 2.89. The molecule has 0 aliphatic heterocycles. The number of aliphatic carboxylic acids is 1. The highest BCUT2D eigenvalue weighted by atomic mass is 79.9. The van der Waals surface area contributed by atoms with E-state index in [0.717, 1.165) is 4.47 Å². The van der Waals surface area contributed by atoms with E-state index in [9.17, 15) is 9.59 Å². The van der Waals surface area contributed by atoms with Crippen molar-refractivity contribution < 1.29 is 14.7 Å². The molecule has 2 rings (SSSR count). The zero-order chi connectivity index (χ0) is 14.7. The molecule has 106 valence electrons. The molecule has 2 atom stereocenters. The predicted molar refractivity (Wildman–Crippen MR) is 80.0 cm³/mol. The number of nitrogens with one attached hydrogen (secondary N) is 2. The molecule has 7 heteroatoms. The van der Waals surface area contributed by atoms with Crippen LogP contribution in [0, 0.1) is 5.92 Å². The van der Waals surface area contributed by atoms with Crippen molar-refractivity contribution in [2.45, 2.75) is 12.5 Å². The number of carboxylic acid groups (broad SMARTS) is 1. The van der Waals surface area contributed by atoms with Gasteiger partial charge in [-0.2, -0.15) is 0 Å². The largest absolute Gasteiger partial charge is 0.481 e. The van der Waals surface area contributed by atoms with Crippen molar-refractivity contribution in [3.05, 3.63) is 39.8 Å². The molecule has 0 saturated heterocycles. The first kappa shape index (κ1) is 14.9. The number of urea groups is 1. The minimum atomic E-state index is -0.888. The normalized spacial score (nSPS) is 20.7. The fraction of sp³-hybridized carbons (Fsp3) is 0.231. The van der Waals surface area contributed by atoms with Gasteiger partial charge in [0, 0.05) is 4.47 Å². The van der Waals surface area contributed by atoms with Crippen LogP contribution in [0.15, 0.2) is 34.8 Å². The van der Waals surface area contributed by atoms with Gasteiger partial charge in [-0.15, -0.1) is 0 Å². The van der Waals surface area contributed by atoms with E-state index in [1.54, 1.807) is 30.4 Å². The molecule has 20 heavy (non-hydrogen) atoms. The summed E-state index contributed by atoms with van der Waals surface area (Å²) in [6, 6.07) is 4.40. The van der Waals surface area contributed by atoms with Gasteiger partial charge in [0.25, 0.3) is 0 Å². The van der Waals surface area contributed by atoms with Crippen LogP contribution in [0.2, 0.25) is 5.02 Å². The third-order valence-corrected chi connectivity index (χ3v) is 3.72. The van der Waals surface area contributed by atoms with E-state index in [1.807, 2.05) is 0 Å². The van der Waals surface area contributed by atoms with E-state index in [2.05, 4.69) is 26.6 Å². The first-order chi connectivity index (χ1) is 9.45. The minimum absolute atomic E-state index is 0.290. The van der Waals surface area contributed by atoms with E-state index in [4.69, 9.17) is 16.7 Å². The lowest BCUT2D eigenvalue weighted by molar-refractivity contribution is -0.140. The fourth-order valence-corrected chi connectivity index (χ4v) is 2.44. The van der Waals surface area contributed by atoms with Crippen LogP contribution in [0.3, 0.4) is 0 Å². The summed E-state index contributed by atoms with van der Waals surface area (Å²) in [6.07, 6.45) is 3.62. The Hall–Kier alpha value is -1.53. The van der Waals surface area contributed by atoms with E-state index in [-0.39, 0.29) is 6.04 Å². The molecule has 2 amide bonds. The summed E-state index contributed by atoms with van der Waals surface area (Å²) < 4.78 is 0.795. The average molecular weight is 360 g/mol. The Morgan fingerprint density at radius 2 is 2.10 bits per heavy atom. The predicted octanol–water partition coefficient (Wildman–Crippen LogP) is 3.25. The molecule has 1 aromatic rings. The molecule has 0 aromatic heterocycles. The SMILES string of the molecule is O=C(Nc1cc(Br)ccc1Cl)NC1C=CC(C(=O)O)C1. The quantitative estimate of drug-likeness (QED) is 0.725. The van der Waals surface area contributed by atoms with Crippen molar-refractivity contribution in [3.63, 3.8) is 0 Å². The highest BCUT2D eigenvalue weighted by molar-refractivity contribution is 9.10. The molecule has 3 N–H and O–H groups in total. The first-order valence-corrected chi connectivity index (χ1v) is 7.06. The van der Waals surface area contributed by atoms with Crippen LogP contribution in [0.5, 0.6) is 0 Å². The van der Waals surface area contributed by atoms with Crippen LogP contribution < -0.4 is 10.6 Å². The van der Waals surface area contributed by atoms with Crippen LogP contribution in [-0.2, 0) is 4.79 Å². The Labute approximate surface area is 129 Å². The fourth-order valence-electron chi connectivity index (χ4n) is 1.91. The maximum absolute atomic E-state index is 11.8. The van der Waals surface area contributed by atoms with E-state index < -0.39 is 17.9 Å². The standard InChI is InChI=1S/C13H12BrClN2O3/c14-8-2-4-10(15)11(6-8)17-13(20)16-9-3-1-7(5-9)12(18)19/h1-4,6-7,9H,5H2,(H,18,19)(H2,16,17,20). The second-order valence-electron chi connectivity index (χ2n) is 4.39. The lowest BCUT2D eigenvalue weighted by atomic mass is 10.1. The lowest BCUT2D eigenvalue weighted by Crippen LogP contribution is -2.36. The molecular formula is C13H12BrClN2O3. The number of carboxylic acids is 1. The maximum Gasteiger partial charge on any atom is 0.319 e. The summed E-state index contributed by atoms with van der Waals surface area (Å²) in [6.45, 7) is 0. The van der Waals surface area contributed by atoms with Gasteiger partial charge < -0.3 is 15.7 Å². The second-order valence-corrected chi connectivity index (χ2v) is 5.72. The number of amides is 2. The first-order valence-electron chi connectivity index (χ1n) is 5.89. The van der Waals surface area contributed by atoms with Gasteiger partial charge in [0.1, 0.15) is 0 Å². The van der Waals surface area contributed by atoms with E-state index >= 15 is 0 Å². The number of hydrogen-bond acceptors (Lipinski definition) is 2. The molecular weight excluding hydrogens is 348 g/mol. The molecule has 0 fully saturated rings. The monoisotopic (exact) mass is 358 g/mol. The van der Waals surface area contributed by atoms with Crippen molar-refractivity contribution in [1.82, 2.24) is 5.32 Å². The molecule has 2 unspecified atom stereocenters. The van der Waals surface area contributed by atoms with Crippen LogP contribution in [-0.4, -0.2) is 23.1 Å².